The molecule has 0 bridgehead atoms. The predicted molar refractivity (Wildman–Crippen MR) is 134 cm³/mol. The van der Waals surface area contributed by atoms with Crippen LogP contribution in [0.1, 0.15) is 11.1 Å². The number of aliphatic hydroxyl groups is 1. The Morgan fingerprint density at radius 2 is 1.58 bits per heavy atom. The number of para-hydroxylation sites is 1. The standard InChI is InChI=1S/C25H28N4O6S/c1-26(2)14-15-29-23(32)22(31)20(25(29)18-8-6-7-9-19(18)28(5)24(25)33)21(30)16-10-12-17(13-11-16)36(34,35)27(3)4/h6-13,30H,14-15H2,1-5H3/t25-/m1/s1. The molecule has 0 unspecified atom stereocenters. The van der Waals surface area contributed by atoms with Crippen LogP contribution < -0.4 is 4.90 Å². The SMILES string of the molecule is CN(C)CCN1C(=O)C(=O)C(=C(O)c2ccc(S(=O)(=O)N(C)C)cc2)[C@]12C(=O)N(C)c1ccccc12. The number of amides is 2. The number of Topliss-reactive ketones (excluding diaryl/α,β-unsaturated/α-hetero) is 1. The number of aliphatic hydroxyl groups excluding tert-OH is 1. The molecule has 10 nitrogen and oxygen atoms in total. The van der Waals surface area contributed by atoms with Crippen LogP contribution in [-0.4, -0.2) is 93.6 Å². The molecular weight excluding hydrogens is 484 g/mol. The normalized spacial score (nSPS) is 21.4. The lowest BCUT2D eigenvalue weighted by Gasteiger charge is -2.34. The van der Waals surface area contributed by atoms with Crippen molar-refractivity contribution < 1.29 is 27.9 Å². The third-order valence-electron chi connectivity index (χ3n) is 6.62. The number of ketones is 1. The Morgan fingerprint density at radius 3 is 2.17 bits per heavy atom. The van der Waals surface area contributed by atoms with E-state index < -0.39 is 38.9 Å². The average Bonchev–Trinajstić information content (AvgIpc) is 3.20. The minimum Gasteiger partial charge on any atom is -0.507 e. The number of benzene rings is 2. The first-order valence-electron chi connectivity index (χ1n) is 11.2. The number of likely N-dealkylation sites (tertiary alicyclic amines) is 1. The zero-order valence-corrected chi connectivity index (χ0v) is 21.5. The van der Waals surface area contributed by atoms with Crippen molar-refractivity contribution in [2.45, 2.75) is 10.4 Å². The predicted octanol–water partition coefficient (Wildman–Crippen LogP) is 1.05. The summed E-state index contributed by atoms with van der Waals surface area (Å²) in [7, 11) is 4.26. The fourth-order valence-corrected chi connectivity index (χ4v) is 5.61. The zero-order chi connectivity index (χ0) is 26.6. The van der Waals surface area contributed by atoms with Crippen LogP contribution in [0.25, 0.3) is 5.76 Å². The molecule has 2 amide bonds. The van der Waals surface area contributed by atoms with Gasteiger partial charge in [0, 0.05) is 51.0 Å². The van der Waals surface area contributed by atoms with E-state index in [0.717, 1.165) is 4.31 Å². The molecule has 190 valence electrons. The summed E-state index contributed by atoms with van der Waals surface area (Å²) in [6, 6.07) is 12.1. The summed E-state index contributed by atoms with van der Waals surface area (Å²) >= 11 is 0. The monoisotopic (exact) mass is 512 g/mol. The summed E-state index contributed by atoms with van der Waals surface area (Å²) in [6.45, 7) is 0.452. The lowest BCUT2D eigenvalue weighted by Crippen LogP contribution is -2.52. The van der Waals surface area contributed by atoms with Gasteiger partial charge in [0.2, 0.25) is 10.0 Å². The van der Waals surface area contributed by atoms with Gasteiger partial charge in [0.25, 0.3) is 17.6 Å². The van der Waals surface area contributed by atoms with Crippen molar-refractivity contribution in [2.75, 3.05) is 53.2 Å². The lowest BCUT2D eigenvalue weighted by atomic mass is 9.82. The molecular formula is C25H28N4O6S. The molecule has 36 heavy (non-hydrogen) atoms. The maximum Gasteiger partial charge on any atom is 0.296 e. The first-order valence-corrected chi connectivity index (χ1v) is 12.7. The minimum atomic E-state index is -3.72. The molecule has 1 N–H and O–H groups in total. The van der Waals surface area contributed by atoms with E-state index in [2.05, 4.69) is 0 Å². The van der Waals surface area contributed by atoms with Gasteiger partial charge in [0.15, 0.2) is 5.54 Å². The minimum absolute atomic E-state index is 0.00720. The average molecular weight is 513 g/mol. The van der Waals surface area contributed by atoms with Crippen molar-refractivity contribution >= 4 is 39.1 Å². The maximum atomic E-state index is 13.9. The van der Waals surface area contributed by atoms with Gasteiger partial charge in [-0.15, -0.1) is 0 Å². The summed E-state index contributed by atoms with van der Waals surface area (Å²) in [5.41, 5.74) is -1.12. The molecule has 1 spiro atoms. The fourth-order valence-electron chi connectivity index (χ4n) is 4.71. The Hall–Kier alpha value is -3.54. The molecule has 0 radical (unpaired) electrons. The Bertz CT molecular complexity index is 1400. The molecule has 4 rings (SSSR count). The number of fused-ring (bicyclic) bond motifs is 2. The fraction of sp³-hybridized carbons (Fsp3) is 0.320. The van der Waals surface area contributed by atoms with E-state index in [1.54, 1.807) is 31.3 Å². The number of rotatable bonds is 6. The molecule has 2 aromatic rings. The van der Waals surface area contributed by atoms with Crippen molar-refractivity contribution in [3.63, 3.8) is 0 Å². The van der Waals surface area contributed by atoms with Crippen molar-refractivity contribution in [1.29, 1.82) is 0 Å². The second-order valence-corrected chi connectivity index (χ2v) is 11.4. The highest BCUT2D eigenvalue weighted by Crippen LogP contribution is 2.53. The van der Waals surface area contributed by atoms with Gasteiger partial charge in [-0.1, -0.05) is 18.2 Å². The second-order valence-electron chi connectivity index (χ2n) is 9.22. The highest BCUT2D eigenvalue weighted by Gasteiger charge is 2.66. The molecule has 0 aliphatic carbocycles. The topological polar surface area (TPSA) is 119 Å². The molecule has 11 heteroatoms. The molecule has 2 aliphatic heterocycles. The quantitative estimate of drug-likeness (QED) is 0.349. The smallest absolute Gasteiger partial charge is 0.296 e. The van der Waals surface area contributed by atoms with Crippen LogP contribution in [0.3, 0.4) is 0 Å². The summed E-state index contributed by atoms with van der Waals surface area (Å²) < 4.78 is 25.9. The van der Waals surface area contributed by atoms with Crippen LogP contribution in [0.5, 0.6) is 0 Å². The van der Waals surface area contributed by atoms with Gasteiger partial charge in [0.05, 0.1) is 10.5 Å². The molecule has 0 saturated carbocycles. The highest BCUT2D eigenvalue weighted by molar-refractivity contribution is 7.89. The zero-order valence-electron chi connectivity index (χ0n) is 20.7. The van der Waals surface area contributed by atoms with Gasteiger partial charge in [-0.2, -0.15) is 0 Å². The van der Waals surface area contributed by atoms with E-state index in [1.165, 1.54) is 48.2 Å². The largest absolute Gasteiger partial charge is 0.507 e. The van der Waals surface area contributed by atoms with Gasteiger partial charge in [-0.25, -0.2) is 12.7 Å². The van der Waals surface area contributed by atoms with Crippen LogP contribution in [0.4, 0.5) is 5.69 Å². The number of anilines is 1. The summed E-state index contributed by atoms with van der Waals surface area (Å²) in [6.07, 6.45) is 0. The van der Waals surface area contributed by atoms with Gasteiger partial charge >= 0.3 is 0 Å². The number of sulfonamides is 1. The van der Waals surface area contributed by atoms with Crippen LogP contribution >= 0.6 is 0 Å². The Labute approximate surface area is 210 Å². The molecule has 1 fully saturated rings. The van der Waals surface area contributed by atoms with Gasteiger partial charge in [-0.05, 0) is 44.4 Å². The molecule has 2 aromatic carbocycles. The Balaban J connectivity index is 1.97. The Morgan fingerprint density at radius 1 is 0.972 bits per heavy atom. The van der Waals surface area contributed by atoms with E-state index in [0.29, 0.717) is 17.8 Å². The van der Waals surface area contributed by atoms with Crippen LogP contribution in [0.15, 0.2) is 59.0 Å². The molecule has 2 aliphatic rings. The maximum absolute atomic E-state index is 13.9. The number of hydrogen-bond donors (Lipinski definition) is 1. The van der Waals surface area contributed by atoms with Crippen molar-refractivity contribution in [2.24, 2.45) is 0 Å². The summed E-state index contributed by atoms with van der Waals surface area (Å²) in [5, 5.41) is 11.4. The van der Waals surface area contributed by atoms with Gasteiger partial charge < -0.3 is 19.8 Å². The van der Waals surface area contributed by atoms with E-state index in [-0.39, 0.29) is 22.6 Å². The first-order chi connectivity index (χ1) is 16.9. The highest BCUT2D eigenvalue weighted by atomic mass is 32.2. The number of likely N-dealkylation sites (N-methyl/N-ethyl adjacent to an activating group) is 2. The van der Waals surface area contributed by atoms with Gasteiger partial charge in [0.1, 0.15) is 5.76 Å². The molecule has 2 heterocycles. The van der Waals surface area contributed by atoms with E-state index >= 15 is 0 Å². The first kappa shape index (κ1) is 25.5. The number of carbonyl (C=O) groups excluding carboxylic acids is 3. The van der Waals surface area contributed by atoms with Gasteiger partial charge in [-0.3, -0.25) is 14.4 Å². The number of hydrogen-bond acceptors (Lipinski definition) is 7. The van der Waals surface area contributed by atoms with E-state index in [1.807, 2.05) is 19.0 Å². The second kappa shape index (κ2) is 8.84. The molecule has 1 saturated heterocycles. The lowest BCUT2D eigenvalue weighted by molar-refractivity contribution is -0.143. The molecule has 1 atom stereocenters. The summed E-state index contributed by atoms with van der Waals surface area (Å²) in [5.74, 6) is -2.94. The van der Waals surface area contributed by atoms with Crippen molar-refractivity contribution in [1.82, 2.24) is 14.1 Å². The van der Waals surface area contributed by atoms with Crippen molar-refractivity contribution in [3.05, 3.63) is 65.2 Å². The Kier molecular flexibility index (Phi) is 6.27. The third-order valence-corrected chi connectivity index (χ3v) is 8.45. The van der Waals surface area contributed by atoms with E-state index in [9.17, 15) is 27.9 Å². The van der Waals surface area contributed by atoms with E-state index in [4.69, 9.17) is 0 Å². The van der Waals surface area contributed by atoms with Crippen LogP contribution in [-0.2, 0) is 29.9 Å². The van der Waals surface area contributed by atoms with Crippen LogP contribution in [0, 0.1) is 0 Å². The number of carbonyl (C=O) groups is 3. The third kappa shape index (κ3) is 3.54. The van der Waals surface area contributed by atoms with Crippen LogP contribution in [0.2, 0.25) is 0 Å². The molecule has 0 aromatic heterocycles. The summed E-state index contributed by atoms with van der Waals surface area (Å²) in [4.78, 5) is 45.0. The van der Waals surface area contributed by atoms with Crippen molar-refractivity contribution in [3.8, 4) is 0 Å². The number of nitrogens with zero attached hydrogens (tertiary/aromatic N) is 4.